The number of nitrogens with zero attached hydrogens (tertiary/aromatic N) is 1. The van der Waals surface area contributed by atoms with Crippen LogP contribution in [0.5, 0.6) is 0 Å². The molecule has 0 saturated carbocycles. The third-order valence-corrected chi connectivity index (χ3v) is 3.28. The Balaban J connectivity index is 1.73. The van der Waals surface area contributed by atoms with Crippen molar-refractivity contribution < 1.29 is 4.79 Å². The number of nitrogens with two attached hydrogens (primary N) is 1. The zero-order valence-electron chi connectivity index (χ0n) is 12.1. The van der Waals surface area contributed by atoms with E-state index in [2.05, 4.69) is 22.4 Å². The Bertz CT molecular complexity index is 552. The maximum atomic E-state index is 11.8. The molecular formula is C17H21N3O. The van der Waals surface area contributed by atoms with Crippen molar-refractivity contribution >= 4 is 5.91 Å². The number of hydrogen-bond acceptors (Lipinski definition) is 3. The third-order valence-electron chi connectivity index (χ3n) is 3.28. The van der Waals surface area contributed by atoms with Gasteiger partial charge in [0.2, 0.25) is 5.91 Å². The van der Waals surface area contributed by atoms with Crippen LogP contribution < -0.4 is 11.1 Å². The summed E-state index contributed by atoms with van der Waals surface area (Å²) in [6.45, 7) is 1.22. The normalized spacial score (nSPS) is 10.3. The smallest absolute Gasteiger partial charge is 0.220 e. The average Bonchev–Trinajstić information content (AvgIpc) is 2.53. The van der Waals surface area contributed by atoms with Crippen LogP contribution in [0, 0.1) is 0 Å². The first-order valence-corrected chi connectivity index (χ1v) is 7.22. The quantitative estimate of drug-likeness (QED) is 0.814. The largest absolute Gasteiger partial charge is 0.352 e. The number of amides is 1. The van der Waals surface area contributed by atoms with E-state index in [1.807, 2.05) is 30.3 Å². The molecule has 4 heteroatoms. The summed E-state index contributed by atoms with van der Waals surface area (Å²) in [5, 5.41) is 2.93. The van der Waals surface area contributed by atoms with Crippen molar-refractivity contribution in [1.82, 2.24) is 10.3 Å². The monoisotopic (exact) mass is 283 g/mol. The molecule has 0 aliphatic heterocycles. The first-order chi connectivity index (χ1) is 10.3. The zero-order chi connectivity index (χ0) is 14.9. The van der Waals surface area contributed by atoms with Gasteiger partial charge in [-0.05, 0) is 42.6 Å². The summed E-state index contributed by atoms with van der Waals surface area (Å²) in [6, 6.07) is 13.9. The van der Waals surface area contributed by atoms with E-state index >= 15 is 0 Å². The molecule has 1 aromatic heterocycles. The van der Waals surface area contributed by atoms with E-state index in [0.717, 1.165) is 17.7 Å². The second-order valence-corrected chi connectivity index (χ2v) is 4.95. The number of benzene rings is 1. The minimum Gasteiger partial charge on any atom is -0.352 e. The number of nitrogens with one attached hydrogen (secondary N) is 1. The van der Waals surface area contributed by atoms with Gasteiger partial charge in [0, 0.05) is 24.9 Å². The second-order valence-electron chi connectivity index (χ2n) is 4.95. The maximum absolute atomic E-state index is 11.8. The lowest BCUT2D eigenvalue weighted by atomic mass is 10.1. The molecule has 0 spiro atoms. The van der Waals surface area contributed by atoms with Gasteiger partial charge in [-0.3, -0.25) is 9.78 Å². The number of aromatic nitrogens is 1. The average molecular weight is 283 g/mol. The molecule has 2 aromatic rings. The molecule has 0 bridgehead atoms. The fourth-order valence-electron chi connectivity index (χ4n) is 2.07. The number of rotatable bonds is 7. The van der Waals surface area contributed by atoms with Gasteiger partial charge in [-0.2, -0.15) is 0 Å². The lowest BCUT2D eigenvalue weighted by Gasteiger charge is -2.06. The second kappa shape index (κ2) is 8.17. The first kappa shape index (κ1) is 15.2. The van der Waals surface area contributed by atoms with E-state index in [1.165, 1.54) is 5.56 Å². The molecule has 21 heavy (non-hydrogen) atoms. The molecule has 0 fully saturated rings. The van der Waals surface area contributed by atoms with E-state index in [9.17, 15) is 4.79 Å². The highest BCUT2D eigenvalue weighted by Gasteiger charge is 2.03. The lowest BCUT2D eigenvalue weighted by Crippen LogP contribution is -2.23. The Morgan fingerprint density at radius 3 is 2.48 bits per heavy atom. The number of aryl methyl sites for hydroxylation is 1. The molecule has 0 aliphatic carbocycles. The van der Waals surface area contributed by atoms with Crippen LogP contribution in [0.3, 0.4) is 0 Å². The Morgan fingerprint density at radius 1 is 1.05 bits per heavy atom. The summed E-state index contributed by atoms with van der Waals surface area (Å²) in [5.41, 5.74) is 8.78. The molecule has 1 aromatic carbocycles. The van der Waals surface area contributed by atoms with Crippen LogP contribution in [0.25, 0.3) is 0 Å². The zero-order valence-corrected chi connectivity index (χ0v) is 12.1. The van der Waals surface area contributed by atoms with Crippen molar-refractivity contribution in [3.63, 3.8) is 0 Å². The van der Waals surface area contributed by atoms with Crippen LogP contribution in [-0.2, 0) is 24.2 Å². The molecule has 1 amide bonds. The topological polar surface area (TPSA) is 68.0 Å². The fraction of sp³-hybridized carbons (Fsp3) is 0.294. The standard InChI is InChI=1S/C17H21N3O/c18-11-10-14-4-6-15(7-5-14)13-20-17(21)9-8-16-3-1-2-12-19-16/h1-7,12H,8-11,13,18H2,(H,20,21). The van der Waals surface area contributed by atoms with Crippen molar-refractivity contribution in [3.05, 3.63) is 65.5 Å². The molecule has 0 saturated heterocycles. The molecule has 3 N–H and O–H groups in total. The van der Waals surface area contributed by atoms with Gasteiger partial charge >= 0.3 is 0 Å². The van der Waals surface area contributed by atoms with Crippen LogP contribution in [0.1, 0.15) is 23.2 Å². The summed E-state index contributed by atoms with van der Waals surface area (Å²) < 4.78 is 0. The Kier molecular flexibility index (Phi) is 5.91. The van der Waals surface area contributed by atoms with Crippen molar-refractivity contribution in [2.24, 2.45) is 5.73 Å². The summed E-state index contributed by atoms with van der Waals surface area (Å²) in [6.07, 6.45) is 3.76. The first-order valence-electron chi connectivity index (χ1n) is 7.22. The molecule has 4 nitrogen and oxygen atoms in total. The predicted molar refractivity (Wildman–Crippen MR) is 83.6 cm³/mol. The highest BCUT2D eigenvalue weighted by molar-refractivity contribution is 5.76. The minimum absolute atomic E-state index is 0.0479. The van der Waals surface area contributed by atoms with Crippen molar-refractivity contribution in [3.8, 4) is 0 Å². The van der Waals surface area contributed by atoms with Crippen molar-refractivity contribution in [2.45, 2.75) is 25.8 Å². The van der Waals surface area contributed by atoms with E-state index in [1.54, 1.807) is 6.20 Å². The van der Waals surface area contributed by atoms with Gasteiger partial charge in [-0.25, -0.2) is 0 Å². The predicted octanol–water partition coefficient (Wildman–Crippen LogP) is 1.83. The SMILES string of the molecule is NCCc1ccc(CNC(=O)CCc2ccccn2)cc1. The van der Waals surface area contributed by atoms with Gasteiger partial charge in [-0.15, -0.1) is 0 Å². The Labute approximate surface area is 125 Å². The summed E-state index contributed by atoms with van der Waals surface area (Å²) >= 11 is 0. The van der Waals surface area contributed by atoms with E-state index < -0.39 is 0 Å². The number of hydrogen-bond donors (Lipinski definition) is 2. The van der Waals surface area contributed by atoms with Crippen LogP contribution in [-0.4, -0.2) is 17.4 Å². The van der Waals surface area contributed by atoms with Gasteiger partial charge in [0.1, 0.15) is 0 Å². The maximum Gasteiger partial charge on any atom is 0.220 e. The summed E-state index contributed by atoms with van der Waals surface area (Å²) in [5.74, 6) is 0.0479. The molecule has 0 aliphatic rings. The highest BCUT2D eigenvalue weighted by Crippen LogP contribution is 2.05. The van der Waals surface area contributed by atoms with Crippen molar-refractivity contribution in [2.75, 3.05) is 6.54 Å². The van der Waals surface area contributed by atoms with Crippen LogP contribution in [0.4, 0.5) is 0 Å². The molecule has 110 valence electrons. The van der Waals surface area contributed by atoms with Crippen LogP contribution in [0.2, 0.25) is 0 Å². The summed E-state index contributed by atoms with van der Waals surface area (Å²) in [7, 11) is 0. The minimum atomic E-state index is 0.0479. The van der Waals surface area contributed by atoms with Crippen LogP contribution >= 0.6 is 0 Å². The molecular weight excluding hydrogens is 262 g/mol. The van der Waals surface area contributed by atoms with Gasteiger partial charge < -0.3 is 11.1 Å². The number of carbonyl (C=O) groups is 1. The highest BCUT2D eigenvalue weighted by atomic mass is 16.1. The number of carbonyl (C=O) groups excluding carboxylic acids is 1. The van der Waals surface area contributed by atoms with Crippen LogP contribution in [0.15, 0.2) is 48.7 Å². The third kappa shape index (κ3) is 5.36. The Morgan fingerprint density at radius 2 is 1.81 bits per heavy atom. The fourth-order valence-corrected chi connectivity index (χ4v) is 2.07. The van der Waals surface area contributed by atoms with E-state index in [4.69, 9.17) is 5.73 Å². The van der Waals surface area contributed by atoms with E-state index in [-0.39, 0.29) is 5.91 Å². The molecule has 1 heterocycles. The molecule has 0 unspecified atom stereocenters. The molecule has 0 atom stereocenters. The Hall–Kier alpha value is -2.20. The van der Waals surface area contributed by atoms with Gasteiger partial charge in [-0.1, -0.05) is 30.3 Å². The van der Waals surface area contributed by atoms with Gasteiger partial charge in [0.25, 0.3) is 0 Å². The summed E-state index contributed by atoms with van der Waals surface area (Å²) in [4.78, 5) is 16.0. The molecule has 0 radical (unpaired) electrons. The van der Waals surface area contributed by atoms with Gasteiger partial charge in [0.05, 0.1) is 0 Å². The number of pyridine rings is 1. The lowest BCUT2D eigenvalue weighted by molar-refractivity contribution is -0.121. The van der Waals surface area contributed by atoms with Gasteiger partial charge in [0.15, 0.2) is 0 Å². The molecule has 2 rings (SSSR count). The van der Waals surface area contributed by atoms with Crippen molar-refractivity contribution in [1.29, 1.82) is 0 Å². The van der Waals surface area contributed by atoms with E-state index in [0.29, 0.717) is 25.9 Å².